The van der Waals surface area contributed by atoms with E-state index in [1.807, 2.05) is 12.1 Å². The van der Waals surface area contributed by atoms with Crippen molar-refractivity contribution in [3.63, 3.8) is 0 Å². The second-order valence-corrected chi connectivity index (χ2v) is 9.89. The average Bonchev–Trinajstić information content (AvgIpc) is 3.31. The van der Waals surface area contributed by atoms with Crippen LogP contribution in [-0.4, -0.2) is 57.4 Å². The molecule has 2 aliphatic rings. The summed E-state index contributed by atoms with van der Waals surface area (Å²) in [5.41, 5.74) is 5.45. The zero-order valence-electron chi connectivity index (χ0n) is 20.6. The highest BCUT2D eigenvalue weighted by Crippen LogP contribution is 2.50. The molecule has 1 heterocycles. The Bertz CT molecular complexity index is 1410. The number of ether oxygens (including phenoxy) is 1. The highest BCUT2D eigenvalue weighted by molar-refractivity contribution is 6.33. The molecule has 0 bridgehead atoms. The lowest BCUT2D eigenvalue weighted by atomic mass is 9.68. The van der Waals surface area contributed by atoms with Crippen LogP contribution in [-0.2, 0) is 11.8 Å². The molecule has 8 heteroatoms. The number of aliphatic hydroxyl groups is 3. The van der Waals surface area contributed by atoms with Crippen molar-refractivity contribution in [2.24, 2.45) is 0 Å². The van der Waals surface area contributed by atoms with Gasteiger partial charge in [0, 0.05) is 28.3 Å². The molecule has 37 heavy (non-hydrogen) atoms. The van der Waals surface area contributed by atoms with Gasteiger partial charge in [-0.1, -0.05) is 19.9 Å². The Labute approximate surface area is 214 Å². The van der Waals surface area contributed by atoms with Crippen LogP contribution in [0.15, 0.2) is 66.5 Å². The van der Waals surface area contributed by atoms with Crippen LogP contribution in [0.3, 0.4) is 0 Å². The number of aromatic nitrogens is 1. The number of amides is 1. The minimum Gasteiger partial charge on any atom is -0.491 e. The summed E-state index contributed by atoms with van der Waals surface area (Å²) in [5.74, 6) is 0.139. The first-order chi connectivity index (χ1) is 17.7. The highest BCUT2D eigenvalue weighted by atomic mass is 16.5. The molecule has 2 aliphatic carbocycles. The van der Waals surface area contributed by atoms with Gasteiger partial charge in [0.05, 0.1) is 18.5 Å². The number of carbonyl (C=O) groups excluding carboxylic acids is 2. The third-order valence-electron chi connectivity index (χ3n) is 7.17. The van der Waals surface area contributed by atoms with Crippen LogP contribution >= 0.6 is 0 Å². The van der Waals surface area contributed by atoms with E-state index >= 15 is 0 Å². The Balaban J connectivity index is 1.41. The SMILES string of the molecule is CC1(C)C2=C(C(=O)c3ccc(OC[C@@H](O)[C@H](O)CO)cc31)c1ccc(C(=O)Nc3cccnc3)cc1C2. The summed E-state index contributed by atoms with van der Waals surface area (Å²) >= 11 is 0. The lowest BCUT2D eigenvalue weighted by molar-refractivity contribution is -0.0339. The van der Waals surface area contributed by atoms with Gasteiger partial charge >= 0.3 is 0 Å². The molecule has 4 N–H and O–H groups in total. The Morgan fingerprint density at radius 2 is 1.89 bits per heavy atom. The number of aliphatic hydroxyl groups excluding tert-OH is 3. The van der Waals surface area contributed by atoms with Gasteiger partial charge < -0.3 is 25.4 Å². The lowest BCUT2D eigenvalue weighted by Crippen LogP contribution is -2.34. The van der Waals surface area contributed by atoms with Crippen molar-refractivity contribution in [1.82, 2.24) is 4.98 Å². The molecule has 0 saturated carbocycles. The number of nitrogens with zero attached hydrogens (tertiary/aromatic N) is 1. The minimum absolute atomic E-state index is 0.0714. The molecule has 5 rings (SSSR count). The van der Waals surface area contributed by atoms with E-state index in [4.69, 9.17) is 9.84 Å². The molecule has 0 unspecified atom stereocenters. The molecular formula is C29H28N2O6. The molecule has 190 valence electrons. The van der Waals surface area contributed by atoms with Crippen molar-refractivity contribution in [1.29, 1.82) is 0 Å². The second-order valence-electron chi connectivity index (χ2n) is 9.89. The normalized spacial score (nSPS) is 16.9. The van der Waals surface area contributed by atoms with E-state index in [1.54, 1.807) is 48.8 Å². The van der Waals surface area contributed by atoms with Crippen molar-refractivity contribution >= 4 is 23.0 Å². The van der Waals surface area contributed by atoms with E-state index in [2.05, 4.69) is 24.1 Å². The van der Waals surface area contributed by atoms with Crippen LogP contribution in [0.4, 0.5) is 5.69 Å². The van der Waals surface area contributed by atoms with E-state index < -0.39 is 24.2 Å². The predicted molar refractivity (Wildman–Crippen MR) is 138 cm³/mol. The van der Waals surface area contributed by atoms with Gasteiger partial charge in [0.15, 0.2) is 5.78 Å². The molecule has 0 radical (unpaired) electrons. The maximum Gasteiger partial charge on any atom is 0.255 e. The molecule has 0 spiro atoms. The third-order valence-corrected chi connectivity index (χ3v) is 7.17. The van der Waals surface area contributed by atoms with E-state index in [-0.39, 0.29) is 18.3 Å². The summed E-state index contributed by atoms with van der Waals surface area (Å²) in [6.45, 7) is 3.35. The fourth-order valence-corrected chi connectivity index (χ4v) is 5.04. The number of hydrogen-bond donors (Lipinski definition) is 4. The Hall–Kier alpha value is -3.85. The Kier molecular flexibility index (Phi) is 6.41. The number of rotatable bonds is 7. The van der Waals surface area contributed by atoms with Crippen LogP contribution in [0.25, 0.3) is 5.57 Å². The predicted octanol–water partition coefficient (Wildman–Crippen LogP) is 2.91. The van der Waals surface area contributed by atoms with Gasteiger partial charge in [-0.15, -0.1) is 0 Å². The molecule has 0 fully saturated rings. The monoisotopic (exact) mass is 500 g/mol. The number of hydrogen-bond acceptors (Lipinski definition) is 7. The zero-order valence-corrected chi connectivity index (χ0v) is 20.6. The third kappa shape index (κ3) is 4.44. The topological polar surface area (TPSA) is 129 Å². The minimum atomic E-state index is -1.29. The van der Waals surface area contributed by atoms with Gasteiger partial charge in [-0.05, 0) is 71.1 Å². The van der Waals surface area contributed by atoms with Crippen molar-refractivity contribution in [2.75, 3.05) is 18.5 Å². The molecule has 0 saturated heterocycles. The maximum atomic E-state index is 13.6. The van der Waals surface area contributed by atoms with Crippen LogP contribution in [0.5, 0.6) is 5.75 Å². The van der Waals surface area contributed by atoms with Crippen molar-refractivity contribution in [3.8, 4) is 5.75 Å². The molecule has 1 aromatic heterocycles. The summed E-state index contributed by atoms with van der Waals surface area (Å²) in [6.07, 6.45) is 1.23. The molecule has 0 aliphatic heterocycles. The molecule has 2 atom stereocenters. The van der Waals surface area contributed by atoms with Gasteiger partial charge in [0.1, 0.15) is 24.6 Å². The number of Topliss-reactive ketones (excluding diaryl/α,β-unsaturated/α-hetero) is 1. The average molecular weight is 501 g/mol. The van der Waals surface area contributed by atoms with Gasteiger partial charge in [-0.2, -0.15) is 0 Å². The zero-order chi connectivity index (χ0) is 26.3. The first kappa shape index (κ1) is 24.8. The van der Waals surface area contributed by atoms with Crippen LogP contribution in [0, 0.1) is 0 Å². The molecule has 3 aromatic rings. The van der Waals surface area contributed by atoms with Gasteiger partial charge in [0.25, 0.3) is 5.91 Å². The van der Waals surface area contributed by atoms with Crippen LogP contribution in [0.1, 0.15) is 51.3 Å². The number of allylic oxidation sites excluding steroid dienone is 2. The smallest absolute Gasteiger partial charge is 0.255 e. The molecular weight excluding hydrogens is 472 g/mol. The standard InChI is InChI=1S/C29H28N2O6/c1-29(2)22-12-19(37-15-25(34)24(33)14-32)6-8-21(22)27(35)26-20-7-5-16(10-17(20)11-23(26)29)28(36)31-18-4-3-9-30-13-18/h3-10,12-13,24-25,32-34H,11,14-15H2,1-2H3,(H,31,36)/t24-,25-/m1/s1. The van der Waals surface area contributed by atoms with Crippen molar-refractivity contribution in [3.05, 3.63) is 94.3 Å². The van der Waals surface area contributed by atoms with E-state index in [1.165, 1.54) is 0 Å². The Morgan fingerprint density at radius 1 is 1.11 bits per heavy atom. The van der Waals surface area contributed by atoms with Gasteiger partial charge in [0.2, 0.25) is 0 Å². The lowest BCUT2D eigenvalue weighted by Gasteiger charge is -2.34. The first-order valence-electron chi connectivity index (χ1n) is 12.1. The van der Waals surface area contributed by atoms with E-state index in [9.17, 15) is 19.8 Å². The number of ketones is 1. The molecule has 2 aromatic carbocycles. The summed E-state index contributed by atoms with van der Waals surface area (Å²) < 4.78 is 5.65. The van der Waals surface area contributed by atoms with Crippen LogP contribution in [0.2, 0.25) is 0 Å². The van der Waals surface area contributed by atoms with Crippen LogP contribution < -0.4 is 10.1 Å². The van der Waals surface area contributed by atoms with Crippen molar-refractivity contribution < 1.29 is 29.6 Å². The summed E-state index contributed by atoms with van der Waals surface area (Å²) in [6, 6.07) is 14.1. The summed E-state index contributed by atoms with van der Waals surface area (Å²) in [4.78, 5) is 30.5. The quantitative estimate of drug-likeness (QED) is 0.393. The summed E-state index contributed by atoms with van der Waals surface area (Å²) in [5, 5.41) is 31.3. The maximum absolute atomic E-state index is 13.6. The number of pyridine rings is 1. The number of fused-ring (bicyclic) bond motifs is 3. The fourth-order valence-electron chi connectivity index (χ4n) is 5.04. The molecule has 1 amide bonds. The Morgan fingerprint density at radius 3 is 2.62 bits per heavy atom. The summed E-state index contributed by atoms with van der Waals surface area (Å²) in [7, 11) is 0. The number of nitrogens with one attached hydrogen (secondary N) is 1. The fraction of sp³-hybridized carbons (Fsp3) is 0.276. The van der Waals surface area contributed by atoms with E-state index in [0.717, 1.165) is 22.3 Å². The van der Waals surface area contributed by atoms with Gasteiger partial charge in [-0.3, -0.25) is 14.6 Å². The highest BCUT2D eigenvalue weighted by Gasteiger charge is 2.43. The second kappa shape index (κ2) is 9.55. The number of carbonyl (C=O) groups is 2. The number of benzene rings is 2. The first-order valence-corrected chi connectivity index (χ1v) is 12.1. The van der Waals surface area contributed by atoms with Gasteiger partial charge in [-0.25, -0.2) is 0 Å². The number of anilines is 1. The molecule has 8 nitrogen and oxygen atoms in total. The van der Waals surface area contributed by atoms with E-state index in [0.29, 0.717) is 34.6 Å². The largest absolute Gasteiger partial charge is 0.491 e. The van der Waals surface area contributed by atoms with Crippen molar-refractivity contribution in [2.45, 2.75) is 37.9 Å².